The number of fused-ring (bicyclic) bond motifs is 1. The van der Waals surface area contributed by atoms with Crippen LogP contribution in [-0.4, -0.2) is 75.7 Å². The van der Waals surface area contributed by atoms with Crippen LogP contribution in [0.4, 0.5) is 10.5 Å². The van der Waals surface area contributed by atoms with Crippen LogP contribution in [0.25, 0.3) is 11.0 Å². The summed E-state index contributed by atoms with van der Waals surface area (Å²) in [4.78, 5) is 58.2. The fraction of sp³-hybridized carbons (Fsp3) is 0.515. The normalized spacial score (nSPS) is 20.3. The van der Waals surface area contributed by atoms with Crippen LogP contribution in [0.2, 0.25) is 0 Å². The Labute approximate surface area is 256 Å². The van der Waals surface area contributed by atoms with Crippen molar-refractivity contribution in [1.29, 1.82) is 0 Å². The third-order valence-electron chi connectivity index (χ3n) is 9.25. The van der Waals surface area contributed by atoms with Crippen molar-refractivity contribution in [2.75, 3.05) is 38.2 Å². The average Bonchev–Trinajstić information content (AvgIpc) is 3.23. The van der Waals surface area contributed by atoms with Gasteiger partial charge in [0.15, 0.2) is 0 Å². The average molecular weight is 604 g/mol. The lowest BCUT2D eigenvalue weighted by Gasteiger charge is -2.54. The molecular weight excluding hydrogens is 562 g/mol. The van der Waals surface area contributed by atoms with Crippen LogP contribution >= 0.6 is 0 Å². The van der Waals surface area contributed by atoms with E-state index >= 15 is 0 Å². The second kappa shape index (κ2) is 11.0. The molecule has 0 radical (unpaired) electrons. The van der Waals surface area contributed by atoms with Crippen LogP contribution in [0.5, 0.6) is 5.75 Å². The second-order valence-corrected chi connectivity index (χ2v) is 13.4. The monoisotopic (exact) mass is 603 g/mol. The minimum Gasteiger partial charge on any atom is -0.497 e. The summed E-state index contributed by atoms with van der Waals surface area (Å²) in [6, 6.07) is 12.3. The standard InChI is InChI=1S/C33H41N5O6/c1-32(2,3)44-31(42)36-20-33(21-36)15-17-35(18-16-33)24-7-6-8-25-28(24)34(4)30(41)38(25)26-13-14-27(39)37(29(26)40)19-22-9-11-23(43-5)12-10-22/h6-12,26H,13-21H2,1-5H3. The van der Waals surface area contributed by atoms with E-state index in [1.54, 1.807) is 40.3 Å². The number of imidazole rings is 1. The predicted octanol–water partition coefficient (Wildman–Crippen LogP) is 4.08. The lowest BCUT2D eigenvalue weighted by molar-refractivity contribution is -0.151. The molecule has 3 aromatic rings. The fourth-order valence-electron chi connectivity index (χ4n) is 6.87. The van der Waals surface area contributed by atoms with Gasteiger partial charge in [0.05, 0.1) is 30.4 Å². The number of likely N-dealkylation sites (tertiary alicyclic amines) is 2. The van der Waals surface area contributed by atoms with Crippen molar-refractivity contribution in [3.05, 3.63) is 58.5 Å². The summed E-state index contributed by atoms with van der Waals surface area (Å²) in [7, 11) is 3.33. The Kier molecular flexibility index (Phi) is 7.45. The first kappa shape index (κ1) is 29.8. The van der Waals surface area contributed by atoms with Gasteiger partial charge in [-0.1, -0.05) is 18.2 Å². The highest BCUT2D eigenvalue weighted by atomic mass is 16.6. The van der Waals surface area contributed by atoms with Gasteiger partial charge in [-0.2, -0.15) is 0 Å². The van der Waals surface area contributed by atoms with E-state index in [-0.39, 0.29) is 48.4 Å². The molecule has 1 aromatic heterocycles. The second-order valence-electron chi connectivity index (χ2n) is 13.4. The Hall–Kier alpha value is -4.28. The number of carbonyl (C=O) groups excluding carboxylic acids is 3. The van der Waals surface area contributed by atoms with Crippen molar-refractivity contribution >= 4 is 34.6 Å². The van der Waals surface area contributed by atoms with Gasteiger partial charge in [-0.3, -0.25) is 23.6 Å². The van der Waals surface area contributed by atoms with Gasteiger partial charge in [0.2, 0.25) is 5.91 Å². The molecule has 2 aromatic carbocycles. The van der Waals surface area contributed by atoms with Gasteiger partial charge < -0.3 is 19.3 Å². The summed E-state index contributed by atoms with van der Waals surface area (Å²) >= 11 is 0. The molecule has 0 aliphatic carbocycles. The molecule has 234 valence electrons. The third-order valence-corrected chi connectivity index (χ3v) is 9.25. The van der Waals surface area contributed by atoms with Crippen molar-refractivity contribution < 1.29 is 23.9 Å². The molecular formula is C33H41N5O6. The third kappa shape index (κ3) is 5.33. The van der Waals surface area contributed by atoms with Crippen molar-refractivity contribution in [3.63, 3.8) is 0 Å². The fourth-order valence-corrected chi connectivity index (χ4v) is 6.87. The number of ether oxygens (including phenoxy) is 2. The van der Waals surface area contributed by atoms with Gasteiger partial charge in [0.1, 0.15) is 17.4 Å². The first-order valence-electron chi connectivity index (χ1n) is 15.3. The molecule has 0 bridgehead atoms. The van der Waals surface area contributed by atoms with E-state index in [1.165, 1.54) is 4.90 Å². The highest BCUT2D eigenvalue weighted by molar-refractivity contribution is 6.00. The van der Waals surface area contributed by atoms with E-state index in [0.29, 0.717) is 24.4 Å². The largest absolute Gasteiger partial charge is 0.497 e. The van der Waals surface area contributed by atoms with Crippen molar-refractivity contribution in [3.8, 4) is 5.75 Å². The van der Waals surface area contributed by atoms with Gasteiger partial charge in [-0.05, 0) is 69.9 Å². The zero-order chi connectivity index (χ0) is 31.4. The topological polar surface area (TPSA) is 106 Å². The molecule has 3 amide bonds. The molecule has 44 heavy (non-hydrogen) atoms. The number of aryl methyl sites for hydroxylation is 1. The SMILES string of the molecule is COc1ccc(CN2C(=O)CCC(n3c(=O)n(C)c4c(N5CCC6(CC5)CN(C(=O)OC(C)(C)C)C6)cccc43)C2=O)cc1. The van der Waals surface area contributed by atoms with Crippen LogP contribution in [0, 0.1) is 5.41 Å². The minimum absolute atomic E-state index is 0.0908. The van der Waals surface area contributed by atoms with Crippen molar-refractivity contribution in [2.24, 2.45) is 12.5 Å². The van der Waals surface area contributed by atoms with Gasteiger partial charge in [-0.15, -0.1) is 0 Å². The van der Waals surface area contributed by atoms with E-state index in [9.17, 15) is 19.2 Å². The summed E-state index contributed by atoms with van der Waals surface area (Å²) in [6.45, 7) is 8.77. The molecule has 1 unspecified atom stereocenters. The zero-order valence-corrected chi connectivity index (χ0v) is 26.2. The first-order chi connectivity index (χ1) is 20.9. The number of hydrogen-bond donors (Lipinski definition) is 0. The number of nitrogens with zero attached hydrogens (tertiary/aromatic N) is 5. The minimum atomic E-state index is -0.768. The molecule has 3 fully saturated rings. The Balaban J connectivity index is 1.21. The van der Waals surface area contributed by atoms with Crippen LogP contribution in [-0.2, 0) is 27.9 Å². The Morgan fingerprint density at radius 3 is 2.32 bits per heavy atom. The van der Waals surface area contributed by atoms with Crippen LogP contribution in [0.3, 0.4) is 0 Å². The number of carbonyl (C=O) groups is 3. The molecule has 3 aliphatic rings. The van der Waals surface area contributed by atoms with Crippen molar-refractivity contribution in [1.82, 2.24) is 18.9 Å². The number of benzene rings is 2. The highest BCUT2D eigenvalue weighted by Gasteiger charge is 2.48. The van der Waals surface area contributed by atoms with Crippen LogP contribution in [0.1, 0.15) is 58.1 Å². The predicted molar refractivity (Wildman–Crippen MR) is 166 cm³/mol. The molecule has 6 rings (SSSR count). The van der Waals surface area contributed by atoms with E-state index in [2.05, 4.69) is 4.90 Å². The van der Waals surface area contributed by atoms with Gasteiger partial charge in [-0.25, -0.2) is 9.59 Å². The maximum atomic E-state index is 13.8. The highest BCUT2D eigenvalue weighted by Crippen LogP contribution is 2.43. The molecule has 11 heteroatoms. The number of amides is 3. The molecule has 3 saturated heterocycles. The van der Waals surface area contributed by atoms with Gasteiger partial charge in [0.25, 0.3) is 5.91 Å². The molecule has 1 spiro atoms. The van der Waals surface area contributed by atoms with E-state index in [0.717, 1.165) is 42.7 Å². The molecule has 3 aliphatic heterocycles. The lowest BCUT2D eigenvalue weighted by atomic mass is 9.72. The molecule has 11 nitrogen and oxygen atoms in total. The smallest absolute Gasteiger partial charge is 0.410 e. The number of piperidine rings is 2. The summed E-state index contributed by atoms with van der Waals surface area (Å²) in [6.07, 6.45) is 2.07. The summed E-state index contributed by atoms with van der Waals surface area (Å²) < 4.78 is 14.0. The number of para-hydroxylation sites is 1. The number of methoxy groups -OCH3 is 1. The number of imide groups is 1. The lowest BCUT2D eigenvalue weighted by Crippen LogP contribution is -2.62. The quantitative estimate of drug-likeness (QED) is 0.405. The van der Waals surface area contributed by atoms with Crippen LogP contribution in [0.15, 0.2) is 47.3 Å². The maximum absolute atomic E-state index is 13.8. The summed E-state index contributed by atoms with van der Waals surface area (Å²) in [5.74, 6) is 0.0939. The number of anilines is 1. The summed E-state index contributed by atoms with van der Waals surface area (Å²) in [5, 5.41) is 0. The number of rotatable bonds is 5. The maximum Gasteiger partial charge on any atom is 0.410 e. The summed E-state index contributed by atoms with van der Waals surface area (Å²) in [5.41, 5.74) is 2.53. The molecule has 0 N–H and O–H groups in total. The Bertz CT molecular complexity index is 1650. The van der Waals surface area contributed by atoms with E-state index in [1.807, 2.05) is 51.1 Å². The van der Waals surface area contributed by atoms with Gasteiger partial charge in [0, 0.05) is 45.1 Å². The van der Waals surface area contributed by atoms with Crippen molar-refractivity contribution in [2.45, 2.75) is 64.6 Å². The first-order valence-corrected chi connectivity index (χ1v) is 15.3. The Morgan fingerprint density at radius 2 is 1.68 bits per heavy atom. The number of aromatic nitrogens is 2. The zero-order valence-electron chi connectivity index (χ0n) is 26.2. The molecule has 1 atom stereocenters. The van der Waals surface area contributed by atoms with E-state index in [4.69, 9.17) is 9.47 Å². The Morgan fingerprint density at radius 1 is 1.00 bits per heavy atom. The van der Waals surface area contributed by atoms with E-state index < -0.39 is 11.6 Å². The van der Waals surface area contributed by atoms with Gasteiger partial charge >= 0.3 is 11.8 Å². The number of hydrogen-bond acceptors (Lipinski definition) is 7. The molecule has 4 heterocycles. The molecule has 0 saturated carbocycles. The van der Waals surface area contributed by atoms with Crippen LogP contribution < -0.4 is 15.3 Å².